The summed E-state index contributed by atoms with van der Waals surface area (Å²) in [6.45, 7) is 6.27. The van der Waals surface area contributed by atoms with E-state index in [0.29, 0.717) is 32.0 Å². The summed E-state index contributed by atoms with van der Waals surface area (Å²) >= 11 is 0. The quantitative estimate of drug-likeness (QED) is 0.661. The fraction of sp³-hybridized carbons (Fsp3) is 0.562. The summed E-state index contributed by atoms with van der Waals surface area (Å²) in [5.74, 6) is 0.255. The molecule has 0 spiro atoms. The van der Waals surface area contributed by atoms with Crippen molar-refractivity contribution in [3.63, 3.8) is 0 Å². The Labute approximate surface area is 149 Å². The third kappa shape index (κ3) is 5.87. The maximum Gasteiger partial charge on any atom is 0.419 e. The van der Waals surface area contributed by atoms with Gasteiger partial charge in [-0.1, -0.05) is 0 Å². The van der Waals surface area contributed by atoms with Gasteiger partial charge in [0.05, 0.1) is 5.56 Å². The molecule has 144 valence electrons. The maximum absolute atomic E-state index is 12.6. The lowest BCUT2D eigenvalue weighted by Gasteiger charge is -2.27. The first-order valence-electron chi connectivity index (χ1n) is 8.43. The molecule has 1 aromatic heterocycles. The fourth-order valence-corrected chi connectivity index (χ4v) is 2.73. The molecule has 0 radical (unpaired) electrons. The highest BCUT2D eigenvalue weighted by molar-refractivity contribution is 5.94. The lowest BCUT2D eigenvalue weighted by Crippen LogP contribution is -3.16. The number of carbonyl (C=O) groups is 2. The van der Waals surface area contributed by atoms with Gasteiger partial charge in [0.2, 0.25) is 0 Å². The predicted octanol–water partition coefficient (Wildman–Crippen LogP) is -0.541. The van der Waals surface area contributed by atoms with E-state index in [2.05, 4.69) is 15.6 Å². The van der Waals surface area contributed by atoms with E-state index in [1.165, 1.54) is 6.07 Å². The number of hydrogen-bond donors (Lipinski definition) is 3. The van der Waals surface area contributed by atoms with Crippen molar-refractivity contribution in [2.45, 2.75) is 26.1 Å². The number of hydrogen-bond acceptors (Lipinski definition) is 3. The number of nitrogens with zero attached hydrogens (tertiary/aromatic N) is 1. The van der Waals surface area contributed by atoms with Gasteiger partial charge in [-0.25, -0.2) is 9.78 Å². The summed E-state index contributed by atoms with van der Waals surface area (Å²) in [4.78, 5) is 29.0. The predicted molar refractivity (Wildman–Crippen MR) is 87.6 cm³/mol. The number of urea groups is 1. The molecule has 7 nitrogen and oxygen atoms in total. The minimum absolute atomic E-state index is 0.0568. The van der Waals surface area contributed by atoms with Gasteiger partial charge in [0.15, 0.2) is 6.54 Å². The van der Waals surface area contributed by atoms with Crippen LogP contribution < -0.4 is 25.4 Å². The molecule has 0 atom stereocenters. The maximum atomic E-state index is 12.6. The number of H-pyrrole nitrogens is 1. The Morgan fingerprint density at radius 2 is 1.92 bits per heavy atom. The lowest BCUT2D eigenvalue weighted by molar-refractivity contribution is -0.892. The van der Waals surface area contributed by atoms with Crippen molar-refractivity contribution in [3.8, 4) is 0 Å². The number of quaternary nitrogens is 1. The zero-order valence-electron chi connectivity index (χ0n) is 14.7. The molecule has 0 saturated carbocycles. The molecule has 1 saturated heterocycles. The Hall–Kier alpha value is -2.36. The van der Waals surface area contributed by atoms with Gasteiger partial charge in [-0.15, -0.1) is 0 Å². The van der Waals surface area contributed by atoms with E-state index in [4.69, 9.17) is 0 Å². The summed E-state index contributed by atoms with van der Waals surface area (Å²) < 4.78 is 37.8. The van der Waals surface area contributed by atoms with Crippen LogP contribution in [0.2, 0.25) is 0 Å². The van der Waals surface area contributed by atoms with E-state index < -0.39 is 17.8 Å². The molecule has 1 aliphatic rings. The van der Waals surface area contributed by atoms with Crippen molar-refractivity contribution in [1.82, 2.24) is 10.6 Å². The second kappa shape index (κ2) is 8.35. The number of pyridine rings is 1. The molecule has 3 amide bonds. The zero-order chi connectivity index (χ0) is 19.3. The van der Waals surface area contributed by atoms with Crippen molar-refractivity contribution in [2.24, 2.45) is 0 Å². The summed E-state index contributed by atoms with van der Waals surface area (Å²) in [5.41, 5.74) is -0.721. The van der Waals surface area contributed by atoms with Crippen LogP contribution in [0.15, 0.2) is 18.3 Å². The molecule has 1 fully saturated rings. The summed E-state index contributed by atoms with van der Waals surface area (Å²) in [6.07, 6.45) is -3.41. The van der Waals surface area contributed by atoms with Crippen molar-refractivity contribution in [1.29, 1.82) is 0 Å². The number of aromatic nitrogens is 1. The lowest BCUT2D eigenvalue weighted by atomic mass is 10.2. The van der Waals surface area contributed by atoms with E-state index in [1.807, 2.05) is 4.90 Å². The summed E-state index contributed by atoms with van der Waals surface area (Å²) in [7, 11) is 0. The molecule has 1 aliphatic heterocycles. The highest BCUT2D eigenvalue weighted by Gasteiger charge is 2.33. The second-order valence-corrected chi connectivity index (χ2v) is 6.55. The number of nitrogens with one attached hydrogen (secondary N) is 4. The summed E-state index contributed by atoms with van der Waals surface area (Å²) in [6, 6.07) is 1.89. The van der Waals surface area contributed by atoms with E-state index >= 15 is 0 Å². The number of aromatic amines is 1. The average Bonchev–Trinajstić information content (AvgIpc) is 2.54. The molecule has 2 rings (SSSR count). The smallest absolute Gasteiger partial charge is 0.336 e. The molecule has 1 aromatic rings. The van der Waals surface area contributed by atoms with Crippen LogP contribution in [0.1, 0.15) is 19.4 Å². The standard InChI is InChI=1S/C16H22F3N5O2/c1-11(2)21-15(26)22-14(25)10-23-5-7-24(8-6-23)13-4-3-12(9-20-13)16(17,18)19/h3-4,9,11H,5-8,10H2,1-2H3,(H2,21,22,25,26)/p+2. The first-order chi connectivity index (χ1) is 12.1. The van der Waals surface area contributed by atoms with Crippen LogP contribution in [0.25, 0.3) is 0 Å². The third-order valence-corrected chi connectivity index (χ3v) is 4.02. The molecule has 26 heavy (non-hydrogen) atoms. The largest absolute Gasteiger partial charge is 0.419 e. The molecule has 0 unspecified atom stereocenters. The number of carbonyl (C=O) groups excluding carboxylic acids is 2. The van der Waals surface area contributed by atoms with Crippen LogP contribution in [0.4, 0.5) is 23.8 Å². The average molecular weight is 375 g/mol. The van der Waals surface area contributed by atoms with Gasteiger partial charge in [0.25, 0.3) is 11.7 Å². The highest BCUT2D eigenvalue weighted by Crippen LogP contribution is 2.28. The highest BCUT2D eigenvalue weighted by atomic mass is 19.4. The number of halogens is 3. The van der Waals surface area contributed by atoms with Gasteiger partial charge < -0.3 is 10.2 Å². The van der Waals surface area contributed by atoms with Crippen LogP contribution >= 0.6 is 0 Å². The normalized spacial score (nSPS) is 15.8. The second-order valence-electron chi connectivity index (χ2n) is 6.55. The van der Waals surface area contributed by atoms with E-state index in [1.54, 1.807) is 13.8 Å². The van der Waals surface area contributed by atoms with Crippen LogP contribution in [-0.2, 0) is 11.0 Å². The number of rotatable bonds is 4. The van der Waals surface area contributed by atoms with Gasteiger partial charge in [-0.2, -0.15) is 13.2 Å². The van der Waals surface area contributed by atoms with Gasteiger partial charge in [0.1, 0.15) is 32.4 Å². The Kier molecular flexibility index (Phi) is 6.41. The Bertz CT molecular complexity index is 626. The number of imide groups is 1. The minimum atomic E-state index is -4.37. The number of anilines is 1. The molecule has 10 heteroatoms. The number of alkyl halides is 3. The van der Waals surface area contributed by atoms with E-state index in [-0.39, 0.29) is 18.5 Å². The SMILES string of the molecule is CC(C)NC(=O)NC(=O)C[NH+]1CCN(c2ccc(C(F)(F)F)c[nH+]2)CC1. The Morgan fingerprint density at radius 3 is 2.42 bits per heavy atom. The topological polar surface area (TPSA) is 80.0 Å². The first kappa shape index (κ1) is 20.0. The van der Waals surface area contributed by atoms with Gasteiger partial charge in [0, 0.05) is 12.1 Å². The molecule has 0 aromatic carbocycles. The van der Waals surface area contributed by atoms with Gasteiger partial charge in [-0.05, 0) is 19.9 Å². The Morgan fingerprint density at radius 1 is 1.27 bits per heavy atom. The molecule has 4 N–H and O–H groups in total. The molecule has 0 bridgehead atoms. The van der Waals surface area contributed by atoms with Crippen LogP contribution in [-0.4, -0.2) is 50.7 Å². The van der Waals surface area contributed by atoms with Gasteiger partial charge >= 0.3 is 12.2 Å². The Balaban J connectivity index is 1.80. The first-order valence-corrected chi connectivity index (χ1v) is 8.43. The molecular formula is C16H24F3N5O2+2. The van der Waals surface area contributed by atoms with Crippen LogP contribution in [0.3, 0.4) is 0 Å². The minimum Gasteiger partial charge on any atom is -0.336 e. The third-order valence-electron chi connectivity index (χ3n) is 4.02. The van der Waals surface area contributed by atoms with Crippen molar-refractivity contribution < 1.29 is 32.6 Å². The fourth-order valence-electron chi connectivity index (χ4n) is 2.73. The zero-order valence-corrected chi connectivity index (χ0v) is 14.7. The van der Waals surface area contributed by atoms with Gasteiger partial charge in [-0.3, -0.25) is 15.0 Å². The van der Waals surface area contributed by atoms with E-state index in [0.717, 1.165) is 17.2 Å². The molecule has 0 aliphatic carbocycles. The van der Waals surface area contributed by atoms with Crippen molar-refractivity contribution in [2.75, 3.05) is 37.6 Å². The molecule has 2 heterocycles. The number of amides is 3. The number of piperazine rings is 1. The molecular weight excluding hydrogens is 351 g/mol. The van der Waals surface area contributed by atoms with Crippen molar-refractivity contribution >= 4 is 17.8 Å². The van der Waals surface area contributed by atoms with Crippen LogP contribution in [0, 0.1) is 0 Å². The summed E-state index contributed by atoms with van der Waals surface area (Å²) in [5, 5.41) is 4.87. The van der Waals surface area contributed by atoms with Crippen molar-refractivity contribution in [3.05, 3.63) is 23.9 Å². The van der Waals surface area contributed by atoms with Crippen LogP contribution in [0.5, 0.6) is 0 Å². The monoisotopic (exact) mass is 375 g/mol. The van der Waals surface area contributed by atoms with E-state index in [9.17, 15) is 22.8 Å².